The van der Waals surface area contributed by atoms with Crippen LogP contribution in [-0.2, 0) is 52.6 Å². The summed E-state index contributed by atoms with van der Waals surface area (Å²) < 4.78 is 68.2. The van der Waals surface area contributed by atoms with Crippen LogP contribution in [0.2, 0.25) is 0 Å². The van der Waals surface area contributed by atoms with Gasteiger partial charge in [-0.1, -0.05) is 0 Å². The summed E-state index contributed by atoms with van der Waals surface area (Å²) in [4.78, 5) is 24.2. The summed E-state index contributed by atoms with van der Waals surface area (Å²) in [6.45, 7) is -2.87. The van der Waals surface area contributed by atoms with Crippen LogP contribution in [0.1, 0.15) is 13.8 Å². The van der Waals surface area contributed by atoms with E-state index in [0.29, 0.717) is 0 Å². The van der Waals surface area contributed by atoms with Crippen LogP contribution >= 0.6 is 0 Å². The fraction of sp³-hybridized carbons (Fsp3) is 0.929. The molecule has 3 aliphatic heterocycles. The van der Waals surface area contributed by atoms with E-state index in [0.717, 1.165) is 13.8 Å². The zero-order valence-electron chi connectivity index (χ0n) is 29.2. The first kappa shape index (κ1) is 47.5. The molecule has 3 aliphatic rings. The highest BCUT2D eigenvalue weighted by Crippen LogP contribution is 2.31. The summed E-state index contributed by atoms with van der Waals surface area (Å²) in [5.74, 6) is -1.59. The summed E-state index contributed by atoms with van der Waals surface area (Å²) in [6, 6.07) is -3.22. The minimum atomic E-state index is -5.09. The van der Waals surface area contributed by atoms with Crippen LogP contribution in [0.25, 0.3) is 0 Å². The van der Waals surface area contributed by atoms with Crippen LogP contribution < -0.4 is 10.6 Å². The molecule has 19 atom stereocenters. The van der Waals surface area contributed by atoms with E-state index in [4.69, 9.17) is 33.0 Å². The third-order valence-corrected chi connectivity index (χ3v) is 9.28. The lowest BCUT2D eigenvalue weighted by atomic mass is 9.95. The number of ether oxygens (including phenoxy) is 6. The molecular formula is C28H50N2O24S. The van der Waals surface area contributed by atoms with E-state index in [1.165, 1.54) is 0 Å². The summed E-state index contributed by atoms with van der Waals surface area (Å²) in [7, 11) is -5.09. The number of rotatable bonds is 18. The maximum absolute atomic E-state index is 12.2. The highest BCUT2D eigenvalue weighted by atomic mass is 32.3. The van der Waals surface area contributed by atoms with Crippen LogP contribution in [-0.4, -0.2) is 236 Å². The molecule has 3 rings (SSSR count). The summed E-state index contributed by atoms with van der Waals surface area (Å²) in [5, 5.41) is 129. The van der Waals surface area contributed by atoms with E-state index < -0.39 is 172 Å². The SMILES string of the molecule is CC(=O)N[C@H]1[C@H](OC[C@@H](O)[C@H](O)[C@H](O[C@@H]2O[C@H](COS(=O)(=O)O)[C@H](O)[C@H](O)[C@H]2O)[C@H](CO)NC(C)=O)O[C@H](CO)[C@@H](O)[C@@H]1O[C@@H]1O[C@H](CO)[C@H](O)[C@H](O)[C@H]1O. The Morgan fingerprint density at radius 3 is 1.78 bits per heavy atom. The Kier molecular flexibility index (Phi) is 17.8. The van der Waals surface area contributed by atoms with Crippen LogP contribution in [0.15, 0.2) is 0 Å². The first-order chi connectivity index (χ1) is 25.6. The van der Waals surface area contributed by atoms with Crippen molar-refractivity contribution in [1.82, 2.24) is 10.6 Å². The standard InChI is InChI=1S/C28H50N2O24S/c1-8(34)29-10(3-31)24(53-28-23(44)21(42)18(39)14(52-28)7-49-55(45,46)47)16(37)11(36)6-48-26-15(30-9(2)35)25(19(40)13(5-33)50-26)54-27-22(43)20(41)17(38)12(4-32)51-27/h10-28,31-33,36-44H,3-7H2,1-2H3,(H,29,34)(H,30,35)(H,45,46,47)/t10-,11+,12+,13+,14+,15+,16-,17-,18-,19+,20-,21-,22+,23+,24+,25+,26+,27-,28-/m0/s1. The first-order valence-corrected chi connectivity index (χ1v) is 18.0. The molecule has 3 saturated heterocycles. The maximum atomic E-state index is 12.2. The lowest BCUT2D eigenvalue weighted by molar-refractivity contribution is -0.346. The van der Waals surface area contributed by atoms with Gasteiger partial charge in [-0.05, 0) is 0 Å². The van der Waals surface area contributed by atoms with Crippen molar-refractivity contribution in [3.8, 4) is 0 Å². The van der Waals surface area contributed by atoms with Gasteiger partial charge in [-0.3, -0.25) is 14.1 Å². The molecule has 0 aromatic carbocycles. The molecule has 0 aromatic rings. The second-order valence-electron chi connectivity index (χ2n) is 12.9. The monoisotopic (exact) mass is 830 g/mol. The number of aliphatic hydroxyl groups excluding tert-OH is 12. The molecule has 55 heavy (non-hydrogen) atoms. The Morgan fingerprint density at radius 1 is 0.727 bits per heavy atom. The van der Waals surface area contributed by atoms with Crippen molar-refractivity contribution in [2.45, 2.75) is 130 Å². The van der Waals surface area contributed by atoms with Gasteiger partial charge in [0, 0.05) is 13.8 Å². The lowest BCUT2D eigenvalue weighted by Gasteiger charge is -2.47. The second-order valence-corrected chi connectivity index (χ2v) is 14.0. The predicted octanol–water partition coefficient (Wildman–Crippen LogP) is -10.00. The molecule has 0 radical (unpaired) electrons. The molecule has 2 amide bonds. The third kappa shape index (κ3) is 12.3. The average Bonchev–Trinajstić information content (AvgIpc) is 3.12. The van der Waals surface area contributed by atoms with E-state index in [9.17, 15) is 79.3 Å². The lowest BCUT2D eigenvalue weighted by Crippen LogP contribution is -2.68. The number of carbonyl (C=O) groups excluding carboxylic acids is 2. The molecule has 0 bridgehead atoms. The highest BCUT2D eigenvalue weighted by molar-refractivity contribution is 7.80. The van der Waals surface area contributed by atoms with Gasteiger partial charge in [-0.15, -0.1) is 0 Å². The molecule has 26 nitrogen and oxygen atoms in total. The van der Waals surface area contributed by atoms with Gasteiger partial charge in [0.25, 0.3) is 0 Å². The number of carbonyl (C=O) groups is 2. The van der Waals surface area contributed by atoms with Crippen molar-refractivity contribution in [2.24, 2.45) is 0 Å². The average molecular weight is 831 g/mol. The third-order valence-electron chi connectivity index (χ3n) is 8.85. The fourth-order valence-corrected chi connectivity index (χ4v) is 6.29. The molecule has 0 unspecified atom stereocenters. The number of hydrogen-bond acceptors (Lipinski definition) is 23. The highest BCUT2D eigenvalue weighted by Gasteiger charge is 2.52. The quantitative estimate of drug-likeness (QED) is 0.0570. The van der Waals surface area contributed by atoms with E-state index in [-0.39, 0.29) is 0 Å². The van der Waals surface area contributed by atoms with Gasteiger partial charge in [0.15, 0.2) is 18.9 Å². The van der Waals surface area contributed by atoms with Crippen LogP contribution in [0.3, 0.4) is 0 Å². The van der Waals surface area contributed by atoms with Gasteiger partial charge < -0.3 is 100 Å². The molecule has 27 heteroatoms. The topological polar surface area (TPSA) is 420 Å². The molecule has 15 N–H and O–H groups in total. The largest absolute Gasteiger partial charge is 0.397 e. The van der Waals surface area contributed by atoms with Crippen LogP contribution in [0, 0.1) is 0 Å². The zero-order valence-corrected chi connectivity index (χ0v) is 30.0. The van der Waals surface area contributed by atoms with E-state index >= 15 is 0 Å². The molecule has 0 spiro atoms. The van der Waals surface area contributed by atoms with Gasteiger partial charge >= 0.3 is 10.4 Å². The zero-order chi connectivity index (χ0) is 41.5. The van der Waals surface area contributed by atoms with Crippen molar-refractivity contribution < 1.29 is 116 Å². The summed E-state index contributed by atoms with van der Waals surface area (Å²) in [5.41, 5.74) is 0. The smallest absolute Gasteiger partial charge is 0.394 e. The number of hydrogen-bond donors (Lipinski definition) is 15. The second kappa shape index (κ2) is 20.7. The van der Waals surface area contributed by atoms with Crippen molar-refractivity contribution in [3.05, 3.63) is 0 Å². The summed E-state index contributed by atoms with van der Waals surface area (Å²) >= 11 is 0. The molecule has 0 saturated carbocycles. The minimum Gasteiger partial charge on any atom is -0.394 e. The van der Waals surface area contributed by atoms with Crippen molar-refractivity contribution in [1.29, 1.82) is 0 Å². The number of amides is 2. The molecule has 3 heterocycles. The first-order valence-electron chi connectivity index (χ1n) is 16.7. The molecule has 0 aromatic heterocycles. The molecular weight excluding hydrogens is 780 g/mol. The molecule has 0 aliphatic carbocycles. The van der Waals surface area contributed by atoms with Gasteiger partial charge in [-0.25, -0.2) is 4.18 Å². The van der Waals surface area contributed by atoms with Gasteiger partial charge in [0.1, 0.15) is 91.5 Å². The predicted molar refractivity (Wildman–Crippen MR) is 170 cm³/mol. The minimum absolute atomic E-state index is 0.784. The summed E-state index contributed by atoms with van der Waals surface area (Å²) in [6.07, 6.45) is -32.5. The van der Waals surface area contributed by atoms with Crippen LogP contribution in [0.5, 0.6) is 0 Å². The van der Waals surface area contributed by atoms with E-state index in [1.54, 1.807) is 0 Å². The van der Waals surface area contributed by atoms with Crippen molar-refractivity contribution in [2.75, 3.05) is 33.0 Å². The Hall–Kier alpha value is -1.91. The Bertz CT molecular complexity index is 1330. The van der Waals surface area contributed by atoms with Crippen molar-refractivity contribution in [3.63, 3.8) is 0 Å². The van der Waals surface area contributed by atoms with Crippen molar-refractivity contribution >= 4 is 22.2 Å². The van der Waals surface area contributed by atoms with E-state index in [1.807, 2.05) is 0 Å². The Labute approximate surface area is 312 Å². The van der Waals surface area contributed by atoms with E-state index in [2.05, 4.69) is 14.8 Å². The fourth-order valence-electron chi connectivity index (χ4n) is 5.99. The van der Waals surface area contributed by atoms with Gasteiger partial charge in [0.2, 0.25) is 11.8 Å². The Morgan fingerprint density at radius 2 is 1.25 bits per heavy atom. The number of nitrogens with one attached hydrogen (secondary N) is 2. The van der Waals surface area contributed by atoms with Crippen LogP contribution in [0.4, 0.5) is 0 Å². The number of aliphatic hydroxyl groups is 12. The normalized spacial score (nSPS) is 39.4. The van der Waals surface area contributed by atoms with Gasteiger partial charge in [0.05, 0.1) is 39.1 Å². The Balaban J connectivity index is 1.86. The molecule has 322 valence electrons. The van der Waals surface area contributed by atoms with Gasteiger partial charge in [-0.2, -0.15) is 8.42 Å². The maximum Gasteiger partial charge on any atom is 0.397 e. The molecule has 3 fully saturated rings.